The molecular weight excluding hydrogens is 249 g/mol. The molecule has 0 saturated carbocycles. The molecule has 1 N–H and O–H groups in total. The van der Waals surface area contributed by atoms with Gasteiger partial charge in [-0.15, -0.1) is 0 Å². The number of anilines is 1. The molecule has 0 radical (unpaired) electrons. The predicted octanol–water partition coefficient (Wildman–Crippen LogP) is 1.91. The van der Waals surface area contributed by atoms with E-state index >= 15 is 0 Å². The van der Waals surface area contributed by atoms with Crippen LogP contribution in [0.25, 0.3) is 0 Å². The van der Waals surface area contributed by atoms with Crippen LogP contribution in [-0.4, -0.2) is 18.6 Å². The van der Waals surface area contributed by atoms with Gasteiger partial charge in [-0.2, -0.15) is 18.4 Å². The van der Waals surface area contributed by atoms with Crippen molar-refractivity contribution >= 4 is 11.6 Å². The summed E-state index contributed by atoms with van der Waals surface area (Å²) in [4.78, 5) is 11.3. The number of halogens is 3. The molecule has 1 aliphatic rings. The molecule has 1 amide bonds. The van der Waals surface area contributed by atoms with E-state index in [-0.39, 0.29) is 12.3 Å². The van der Waals surface area contributed by atoms with E-state index in [9.17, 15) is 18.0 Å². The Morgan fingerprint density at radius 3 is 2.67 bits per heavy atom. The highest BCUT2D eigenvalue weighted by molar-refractivity contribution is 5.95. The summed E-state index contributed by atoms with van der Waals surface area (Å²) in [6.45, 7) is 0.272. The highest BCUT2D eigenvalue weighted by atomic mass is 19.4. The Balaban J connectivity index is 2.28. The average Bonchev–Trinajstić information content (AvgIpc) is 3.11. The van der Waals surface area contributed by atoms with Crippen LogP contribution in [0.3, 0.4) is 0 Å². The van der Waals surface area contributed by atoms with Gasteiger partial charge in [0.05, 0.1) is 23.8 Å². The number of carbonyl (C=O) groups is 1. The van der Waals surface area contributed by atoms with Crippen molar-refractivity contribution < 1.29 is 22.7 Å². The molecule has 1 atom stereocenters. The van der Waals surface area contributed by atoms with E-state index in [0.717, 1.165) is 12.1 Å². The smallest absolute Gasteiger partial charge is 0.363 e. The first-order valence-corrected chi connectivity index (χ1v) is 4.95. The van der Waals surface area contributed by atoms with Gasteiger partial charge in [0.15, 0.2) is 6.10 Å². The molecule has 1 unspecified atom stereocenters. The molecule has 1 saturated heterocycles. The number of hydrogen-bond donors (Lipinski definition) is 1. The first-order chi connectivity index (χ1) is 8.41. The fraction of sp³-hybridized carbons (Fsp3) is 0.273. The molecule has 4 nitrogen and oxygen atoms in total. The predicted molar refractivity (Wildman–Crippen MR) is 54.5 cm³/mol. The van der Waals surface area contributed by atoms with Crippen molar-refractivity contribution in [2.45, 2.75) is 12.3 Å². The molecule has 1 aromatic carbocycles. The number of carbonyl (C=O) groups excluding carboxylic acids is 1. The van der Waals surface area contributed by atoms with Crippen LogP contribution in [0.4, 0.5) is 18.9 Å². The molecule has 18 heavy (non-hydrogen) atoms. The lowest BCUT2D eigenvalue weighted by atomic mass is 10.1. The van der Waals surface area contributed by atoms with Gasteiger partial charge in [0.1, 0.15) is 0 Å². The quantitative estimate of drug-likeness (QED) is 0.822. The molecule has 0 bridgehead atoms. The van der Waals surface area contributed by atoms with Crippen LogP contribution < -0.4 is 5.32 Å². The molecule has 0 spiro atoms. The number of benzene rings is 1. The SMILES string of the molecule is N#Cc1ccc(NC(=O)C2CO2)cc1C(F)(F)F. The zero-order valence-electron chi connectivity index (χ0n) is 8.91. The zero-order chi connectivity index (χ0) is 13.3. The second-order valence-electron chi connectivity index (χ2n) is 3.68. The number of amides is 1. The van der Waals surface area contributed by atoms with Crippen molar-refractivity contribution in [3.8, 4) is 6.07 Å². The summed E-state index contributed by atoms with van der Waals surface area (Å²) in [5, 5.41) is 10.9. The van der Waals surface area contributed by atoms with Crippen molar-refractivity contribution in [1.82, 2.24) is 0 Å². The molecule has 1 heterocycles. The number of nitrogens with zero attached hydrogens (tertiary/aromatic N) is 1. The van der Waals surface area contributed by atoms with Crippen LogP contribution in [0.2, 0.25) is 0 Å². The Labute approximate surface area is 100.0 Å². The minimum Gasteiger partial charge on any atom is -0.363 e. The van der Waals surface area contributed by atoms with Gasteiger partial charge in [-0.05, 0) is 18.2 Å². The summed E-state index contributed by atoms with van der Waals surface area (Å²) >= 11 is 0. The minimum atomic E-state index is -4.64. The third-order valence-electron chi connectivity index (χ3n) is 2.34. The Kier molecular flexibility index (Phi) is 2.97. The number of hydrogen-bond acceptors (Lipinski definition) is 3. The number of nitrogens with one attached hydrogen (secondary N) is 1. The van der Waals surface area contributed by atoms with Crippen LogP contribution in [-0.2, 0) is 15.7 Å². The summed E-state index contributed by atoms with van der Waals surface area (Å²) in [6.07, 6.45) is -5.23. The van der Waals surface area contributed by atoms with Gasteiger partial charge in [-0.25, -0.2) is 0 Å². The third kappa shape index (κ3) is 2.60. The van der Waals surface area contributed by atoms with E-state index in [4.69, 9.17) is 10.00 Å². The number of epoxide rings is 1. The molecular formula is C11H7F3N2O2. The molecule has 0 aromatic heterocycles. The van der Waals surface area contributed by atoms with E-state index in [1.807, 2.05) is 0 Å². The van der Waals surface area contributed by atoms with E-state index in [0.29, 0.717) is 0 Å². The maximum absolute atomic E-state index is 12.6. The van der Waals surface area contributed by atoms with Crippen molar-refractivity contribution in [2.24, 2.45) is 0 Å². The number of ether oxygens (including phenoxy) is 1. The average molecular weight is 256 g/mol. The Morgan fingerprint density at radius 2 is 2.17 bits per heavy atom. The first kappa shape index (κ1) is 12.4. The van der Waals surface area contributed by atoms with Gasteiger partial charge < -0.3 is 10.1 Å². The van der Waals surface area contributed by atoms with Crippen LogP contribution in [0.15, 0.2) is 18.2 Å². The third-order valence-corrected chi connectivity index (χ3v) is 2.34. The summed E-state index contributed by atoms with van der Waals surface area (Å²) in [6, 6.07) is 4.46. The van der Waals surface area contributed by atoms with E-state index < -0.39 is 29.3 Å². The van der Waals surface area contributed by atoms with E-state index in [1.54, 1.807) is 0 Å². The Bertz CT molecular complexity index is 530. The van der Waals surface area contributed by atoms with Crippen LogP contribution >= 0.6 is 0 Å². The number of alkyl halides is 3. The van der Waals surface area contributed by atoms with Crippen molar-refractivity contribution in [2.75, 3.05) is 11.9 Å². The van der Waals surface area contributed by atoms with E-state index in [1.165, 1.54) is 12.1 Å². The fourth-order valence-corrected chi connectivity index (χ4v) is 1.38. The van der Waals surface area contributed by atoms with Crippen molar-refractivity contribution in [1.29, 1.82) is 5.26 Å². The lowest BCUT2D eigenvalue weighted by molar-refractivity contribution is -0.137. The van der Waals surface area contributed by atoms with Gasteiger partial charge >= 0.3 is 6.18 Å². The van der Waals surface area contributed by atoms with Gasteiger partial charge in [-0.1, -0.05) is 0 Å². The van der Waals surface area contributed by atoms with Gasteiger partial charge in [0.25, 0.3) is 5.91 Å². The van der Waals surface area contributed by atoms with Gasteiger partial charge in [0, 0.05) is 5.69 Å². The normalized spacial score (nSPS) is 18.0. The molecule has 2 rings (SSSR count). The van der Waals surface area contributed by atoms with E-state index in [2.05, 4.69) is 5.32 Å². The topological polar surface area (TPSA) is 65.4 Å². The zero-order valence-corrected chi connectivity index (χ0v) is 8.91. The van der Waals surface area contributed by atoms with Crippen molar-refractivity contribution in [3.05, 3.63) is 29.3 Å². The lowest BCUT2D eigenvalue weighted by Crippen LogP contribution is -2.18. The second kappa shape index (κ2) is 4.31. The number of rotatable bonds is 2. The molecule has 94 valence electrons. The highest BCUT2D eigenvalue weighted by Crippen LogP contribution is 2.33. The van der Waals surface area contributed by atoms with Gasteiger partial charge in [-0.3, -0.25) is 4.79 Å². The molecule has 1 aromatic rings. The minimum absolute atomic E-state index is 0.0122. The summed E-state index contributed by atoms with van der Waals surface area (Å²) in [5.41, 5.74) is -1.57. The van der Waals surface area contributed by atoms with Gasteiger partial charge in [0.2, 0.25) is 0 Å². The molecule has 1 fully saturated rings. The van der Waals surface area contributed by atoms with Crippen LogP contribution in [0, 0.1) is 11.3 Å². The van der Waals surface area contributed by atoms with Crippen molar-refractivity contribution in [3.63, 3.8) is 0 Å². The lowest BCUT2D eigenvalue weighted by Gasteiger charge is -2.11. The Hall–Kier alpha value is -2.07. The maximum Gasteiger partial charge on any atom is 0.417 e. The molecule has 0 aliphatic carbocycles. The monoisotopic (exact) mass is 256 g/mol. The Morgan fingerprint density at radius 1 is 1.50 bits per heavy atom. The largest absolute Gasteiger partial charge is 0.417 e. The second-order valence-corrected chi connectivity index (χ2v) is 3.68. The summed E-state index contributed by atoms with van der Waals surface area (Å²) in [7, 11) is 0. The molecule has 1 aliphatic heterocycles. The standard InChI is InChI=1S/C11H7F3N2O2/c12-11(13,14)8-3-7(2-1-6(8)4-15)16-10(17)9-5-18-9/h1-3,9H,5H2,(H,16,17). The van der Waals surface area contributed by atoms with Crippen LogP contribution in [0.1, 0.15) is 11.1 Å². The summed E-state index contributed by atoms with van der Waals surface area (Å²) in [5.74, 6) is -0.493. The molecule has 7 heteroatoms. The number of nitriles is 1. The first-order valence-electron chi connectivity index (χ1n) is 4.95. The van der Waals surface area contributed by atoms with Crippen LogP contribution in [0.5, 0.6) is 0 Å². The summed E-state index contributed by atoms with van der Waals surface area (Å²) < 4.78 is 42.6. The highest BCUT2D eigenvalue weighted by Gasteiger charge is 2.35. The fourth-order valence-electron chi connectivity index (χ4n) is 1.38. The maximum atomic E-state index is 12.6.